The normalized spacial score (nSPS) is 12.3. The third kappa shape index (κ3) is 17.6. The molecule has 0 N–H and O–H groups in total. The van der Waals surface area contributed by atoms with Gasteiger partial charge in [0.15, 0.2) is 0 Å². The summed E-state index contributed by atoms with van der Waals surface area (Å²) in [6.45, 7) is 10.1. The van der Waals surface area contributed by atoms with Crippen LogP contribution in [-0.4, -0.2) is 52.8 Å². The lowest BCUT2D eigenvalue weighted by Gasteiger charge is -2.44. The van der Waals surface area contributed by atoms with E-state index in [1.54, 1.807) is 0 Å². The summed E-state index contributed by atoms with van der Waals surface area (Å²) in [4.78, 5) is 27.1. The first kappa shape index (κ1) is 47.6. The molecule has 7 nitrogen and oxygen atoms in total. The fourth-order valence-electron chi connectivity index (χ4n) is 7.46. The first-order valence-corrected chi connectivity index (χ1v) is 24.0. The highest BCUT2D eigenvalue weighted by atomic mass is 28.4. The third-order valence-electron chi connectivity index (χ3n) is 10.7. The van der Waals surface area contributed by atoms with Gasteiger partial charge in [-0.1, -0.05) is 193 Å². The smallest absolute Gasteiger partial charge is 0.334 e. The van der Waals surface area contributed by atoms with E-state index in [1.165, 1.54) is 11.1 Å². The van der Waals surface area contributed by atoms with E-state index in [2.05, 4.69) is 69.3 Å². The summed E-state index contributed by atoms with van der Waals surface area (Å²) in [7, 11) is -3.09. The predicted molar refractivity (Wildman–Crippen MR) is 241 cm³/mol. The number of rotatable bonds is 30. The van der Waals surface area contributed by atoms with E-state index in [0.29, 0.717) is 26.4 Å². The standard InChI is InChI=1S/C51H70O7Si/c1-51(2,3)59(46-32-20-14-21-33-46,47-34-22-15-23-35-47)58-48(50(53)57-41-27-11-7-5-9-25-39-55-43-45-30-18-13-19-31-45)36-37-49(52)56-40-26-10-6-4-8-24-38-54-42-44-28-16-12-17-29-44/h12-23,28-35,48H,4-11,24-27,36-43H2,1-3H3. The van der Waals surface area contributed by atoms with Crippen molar-refractivity contribution < 1.29 is 33.0 Å². The largest absolute Gasteiger partial charge is 0.466 e. The lowest BCUT2D eigenvalue weighted by Crippen LogP contribution is -2.68. The van der Waals surface area contributed by atoms with Gasteiger partial charge in [-0.25, -0.2) is 4.79 Å². The van der Waals surface area contributed by atoms with E-state index in [4.69, 9.17) is 23.4 Å². The second kappa shape index (κ2) is 27.6. The second-order valence-electron chi connectivity index (χ2n) is 16.5. The van der Waals surface area contributed by atoms with E-state index in [1.807, 2.05) is 72.8 Å². The lowest BCUT2D eigenvalue weighted by atomic mass is 10.1. The van der Waals surface area contributed by atoms with Crippen LogP contribution in [0.15, 0.2) is 121 Å². The van der Waals surface area contributed by atoms with Crippen LogP contribution in [0.5, 0.6) is 0 Å². The third-order valence-corrected chi connectivity index (χ3v) is 15.7. The van der Waals surface area contributed by atoms with Crippen molar-refractivity contribution in [1.82, 2.24) is 0 Å². The summed E-state index contributed by atoms with van der Waals surface area (Å²) < 4.78 is 30.4. The molecule has 0 aromatic heterocycles. The number of esters is 2. The van der Waals surface area contributed by atoms with Gasteiger partial charge in [0.25, 0.3) is 8.32 Å². The topological polar surface area (TPSA) is 80.3 Å². The first-order valence-electron chi connectivity index (χ1n) is 22.1. The molecule has 1 unspecified atom stereocenters. The summed E-state index contributed by atoms with van der Waals surface area (Å²) in [5.41, 5.74) is 2.40. The Labute approximate surface area is 356 Å². The molecule has 0 aliphatic rings. The molecular formula is C51H70O7Si. The predicted octanol–water partition coefficient (Wildman–Crippen LogP) is 10.9. The molecule has 0 heterocycles. The first-order chi connectivity index (χ1) is 28.8. The van der Waals surface area contributed by atoms with Crippen LogP contribution < -0.4 is 10.4 Å². The van der Waals surface area contributed by atoms with E-state index >= 15 is 0 Å². The van der Waals surface area contributed by atoms with Crippen LogP contribution in [0.2, 0.25) is 5.04 Å². The molecule has 4 aromatic rings. The number of ether oxygens (including phenoxy) is 4. The number of carbonyl (C=O) groups excluding carboxylic acids is 2. The summed E-state index contributed by atoms with van der Waals surface area (Å²) in [5.74, 6) is -0.721. The Bertz CT molecular complexity index is 1640. The van der Waals surface area contributed by atoms with Gasteiger partial charge in [-0.2, -0.15) is 0 Å². The average Bonchev–Trinajstić information content (AvgIpc) is 3.25. The highest BCUT2D eigenvalue weighted by molar-refractivity contribution is 6.99. The van der Waals surface area contributed by atoms with Gasteiger partial charge in [0.2, 0.25) is 0 Å². The maximum atomic E-state index is 14.0. The van der Waals surface area contributed by atoms with Crippen molar-refractivity contribution >= 4 is 30.6 Å². The summed E-state index contributed by atoms with van der Waals surface area (Å²) in [6, 6.07) is 41.1. The number of hydrogen-bond acceptors (Lipinski definition) is 7. The lowest BCUT2D eigenvalue weighted by molar-refractivity contribution is -0.154. The highest BCUT2D eigenvalue weighted by Gasteiger charge is 2.52. The van der Waals surface area contributed by atoms with Gasteiger partial charge in [-0.05, 0) is 58.6 Å². The quantitative estimate of drug-likeness (QED) is 0.0294. The number of hydrogen-bond donors (Lipinski definition) is 0. The van der Waals surface area contributed by atoms with E-state index < -0.39 is 20.4 Å². The Morgan fingerprint density at radius 2 is 0.864 bits per heavy atom. The second-order valence-corrected chi connectivity index (χ2v) is 20.8. The van der Waals surface area contributed by atoms with Gasteiger partial charge >= 0.3 is 11.9 Å². The molecule has 320 valence electrons. The van der Waals surface area contributed by atoms with Crippen molar-refractivity contribution in [3.8, 4) is 0 Å². The van der Waals surface area contributed by atoms with Crippen molar-refractivity contribution in [3.05, 3.63) is 132 Å². The fourth-order valence-corrected chi connectivity index (χ4v) is 12.1. The monoisotopic (exact) mass is 822 g/mol. The molecule has 0 spiro atoms. The SMILES string of the molecule is CC(C)(C)[Si](OC(CCC(=O)OCCCCCCCCOCc1ccccc1)C(=O)OCCCCCCCCOCc1ccccc1)(c1ccccc1)c1ccccc1. The molecule has 4 aromatic carbocycles. The molecule has 0 saturated carbocycles. The van der Waals surface area contributed by atoms with Gasteiger partial charge < -0.3 is 23.4 Å². The summed E-state index contributed by atoms with van der Waals surface area (Å²) >= 11 is 0. The summed E-state index contributed by atoms with van der Waals surface area (Å²) in [5, 5.41) is 1.81. The molecule has 0 radical (unpaired) electrons. The maximum Gasteiger partial charge on any atom is 0.334 e. The Morgan fingerprint density at radius 1 is 0.492 bits per heavy atom. The molecule has 0 saturated heterocycles. The zero-order valence-corrected chi connectivity index (χ0v) is 37.1. The van der Waals surface area contributed by atoms with Crippen molar-refractivity contribution in [3.63, 3.8) is 0 Å². The molecule has 0 fully saturated rings. The average molecular weight is 823 g/mol. The fraction of sp³-hybridized carbons (Fsp3) is 0.490. The Morgan fingerprint density at radius 3 is 1.29 bits per heavy atom. The molecule has 59 heavy (non-hydrogen) atoms. The minimum atomic E-state index is -3.09. The highest BCUT2D eigenvalue weighted by Crippen LogP contribution is 2.38. The molecule has 0 bridgehead atoms. The minimum absolute atomic E-state index is 0.0794. The Balaban J connectivity index is 1.23. The van der Waals surface area contributed by atoms with Crippen molar-refractivity contribution in [2.24, 2.45) is 0 Å². The van der Waals surface area contributed by atoms with Crippen molar-refractivity contribution in [1.29, 1.82) is 0 Å². The molecule has 0 aliphatic carbocycles. The van der Waals surface area contributed by atoms with Gasteiger partial charge in [0.05, 0.1) is 26.4 Å². The molecular weight excluding hydrogens is 753 g/mol. The van der Waals surface area contributed by atoms with Crippen LogP contribution in [0.4, 0.5) is 0 Å². The van der Waals surface area contributed by atoms with Gasteiger partial charge in [-0.15, -0.1) is 0 Å². The maximum absolute atomic E-state index is 14.0. The van der Waals surface area contributed by atoms with Crippen LogP contribution in [0.25, 0.3) is 0 Å². The molecule has 4 rings (SSSR count). The van der Waals surface area contributed by atoms with Gasteiger partial charge in [-0.3, -0.25) is 4.79 Å². The van der Waals surface area contributed by atoms with Crippen LogP contribution in [0.1, 0.15) is 122 Å². The molecule has 1 atom stereocenters. The summed E-state index contributed by atoms with van der Waals surface area (Å²) in [6.07, 6.45) is 11.7. The van der Waals surface area contributed by atoms with E-state index in [0.717, 1.165) is 101 Å². The van der Waals surface area contributed by atoms with Crippen molar-refractivity contribution in [2.75, 3.05) is 26.4 Å². The van der Waals surface area contributed by atoms with E-state index in [-0.39, 0.29) is 23.8 Å². The molecule has 0 amide bonds. The van der Waals surface area contributed by atoms with Crippen LogP contribution in [0.3, 0.4) is 0 Å². The van der Waals surface area contributed by atoms with Gasteiger partial charge in [0, 0.05) is 19.6 Å². The molecule has 8 heteroatoms. The van der Waals surface area contributed by atoms with Crippen LogP contribution in [-0.2, 0) is 46.2 Å². The van der Waals surface area contributed by atoms with Crippen LogP contribution in [0, 0.1) is 0 Å². The Hall–Kier alpha value is -4.08. The van der Waals surface area contributed by atoms with Crippen molar-refractivity contribution in [2.45, 2.75) is 135 Å². The zero-order valence-electron chi connectivity index (χ0n) is 36.1. The number of benzene rings is 4. The minimum Gasteiger partial charge on any atom is -0.466 e. The molecule has 0 aliphatic heterocycles. The van der Waals surface area contributed by atoms with Gasteiger partial charge in [0.1, 0.15) is 6.10 Å². The van der Waals surface area contributed by atoms with Crippen LogP contribution >= 0.6 is 0 Å². The number of unbranched alkanes of at least 4 members (excludes halogenated alkanes) is 10. The number of carbonyl (C=O) groups is 2. The zero-order chi connectivity index (χ0) is 41.9. The van der Waals surface area contributed by atoms with E-state index in [9.17, 15) is 9.59 Å². The Kier molecular flexibility index (Phi) is 22.3.